The first-order chi connectivity index (χ1) is 13.8. The Balaban J connectivity index is 1.63. The highest BCUT2D eigenvalue weighted by atomic mass is 35.5. The molecule has 29 heavy (non-hydrogen) atoms. The Hall–Kier alpha value is -2.09. The molecule has 2 aromatic carbocycles. The molecule has 0 radical (unpaired) electrons. The van der Waals surface area contributed by atoms with Crippen molar-refractivity contribution in [3.8, 4) is 0 Å². The first-order valence-corrected chi connectivity index (χ1v) is 11.4. The molecule has 6 nitrogen and oxygen atoms in total. The van der Waals surface area contributed by atoms with Crippen LogP contribution in [0.2, 0.25) is 5.02 Å². The normalized spacial score (nSPS) is 15.1. The number of nitrogens with one attached hydrogen (secondary N) is 1. The Labute approximate surface area is 177 Å². The fourth-order valence-corrected chi connectivity index (χ4v) is 5.24. The van der Waals surface area contributed by atoms with Gasteiger partial charge in [-0.15, -0.1) is 0 Å². The monoisotopic (exact) mass is 435 g/mol. The molecule has 1 fully saturated rings. The lowest BCUT2D eigenvalue weighted by Gasteiger charge is -2.25. The van der Waals surface area contributed by atoms with Gasteiger partial charge < -0.3 is 10.2 Å². The average molecular weight is 436 g/mol. The molecule has 156 valence electrons. The molecule has 1 aliphatic heterocycles. The minimum atomic E-state index is -3.46. The van der Waals surface area contributed by atoms with Gasteiger partial charge in [0.1, 0.15) is 0 Å². The maximum Gasteiger partial charge on any atom is 0.243 e. The highest BCUT2D eigenvalue weighted by Crippen LogP contribution is 2.27. The third kappa shape index (κ3) is 5.29. The zero-order chi connectivity index (χ0) is 21.0. The molecule has 0 spiro atoms. The molecule has 0 bridgehead atoms. The van der Waals surface area contributed by atoms with Gasteiger partial charge in [-0.25, -0.2) is 8.42 Å². The molecule has 1 N–H and O–H groups in total. The van der Waals surface area contributed by atoms with E-state index in [-0.39, 0.29) is 17.2 Å². The number of carbonyl (C=O) groups is 1. The summed E-state index contributed by atoms with van der Waals surface area (Å²) in [4.78, 5) is 14.5. The molecule has 0 aromatic heterocycles. The van der Waals surface area contributed by atoms with Gasteiger partial charge in [-0.05, 0) is 48.7 Å². The Morgan fingerprint density at radius 1 is 1.07 bits per heavy atom. The summed E-state index contributed by atoms with van der Waals surface area (Å²) in [6.07, 6.45) is 3.02. The number of benzene rings is 2. The van der Waals surface area contributed by atoms with Gasteiger partial charge in [0.15, 0.2) is 0 Å². The Bertz CT molecular complexity index is 969. The number of rotatable bonds is 6. The van der Waals surface area contributed by atoms with E-state index in [0.717, 1.165) is 30.5 Å². The van der Waals surface area contributed by atoms with E-state index in [4.69, 9.17) is 11.6 Å². The number of amides is 1. The van der Waals surface area contributed by atoms with Crippen LogP contribution >= 0.6 is 11.6 Å². The van der Waals surface area contributed by atoms with E-state index in [1.54, 1.807) is 40.7 Å². The van der Waals surface area contributed by atoms with Crippen molar-refractivity contribution >= 4 is 38.9 Å². The highest BCUT2D eigenvalue weighted by molar-refractivity contribution is 7.89. The van der Waals surface area contributed by atoms with Crippen LogP contribution in [0.4, 0.5) is 11.4 Å². The number of hydrogen-bond acceptors (Lipinski definition) is 4. The third-order valence-corrected chi connectivity index (χ3v) is 7.17. The number of halogens is 1. The van der Waals surface area contributed by atoms with Gasteiger partial charge in [-0.1, -0.05) is 30.2 Å². The fraction of sp³-hybridized carbons (Fsp3) is 0.381. The maximum atomic E-state index is 12.7. The molecule has 0 unspecified atom stereocenters. The summed E-state index contributed by atoms with van der Waals surface area (Å²) >= 11 is 6.24. The van der Waals surface area contributed by atoms with Gasteiger partial charge in [0, 0.05) is 32.9 Å². The maximum absolute atomic E-state index is 12.7. The third-order valence-electron chi connectivity index (χ3n) is 4.95. The second-order valence-corrected chi connectivity index (χ2v) is 9.74. The van der Waals surface area contributed by atoms with Crippen LogP contribution < -0.4 is 10.2 Å². The Morgan fingerprint density at radius 2 is 1.72 bits per heavy atom. The lowest BCUT2D eigenvalue weighted by atomic mass is 10.1. The van der Waals surface area contributed by atoms with E-state index in [2.05, 4.69) is 5.32 Å². The Kier molecular flexibility index (Phi) is 6.82. The molecule has 2 aromatic rings. The molecule has 1 aliphatic rings. The van der Waals surface area contributed by atoms with Gasteiger partial charge in [0.2, 0.25) is 15.9 Å². The first-order valence-electron chi connectivity index (χ1n) is 9.63. The van der Waals surface area contributed by atoms with Crippen LogP contribution in [-0.2, 0) is 21.2 Å². The van der Waals surface area contributed by atoms with Crippen molar-refractivity contribution in [2.24, 2.45) is 0 Å². The van der Waals surface area contributed by atoms with Crippen LogP contribution in [0.15, 0.2) is 47.4 Å². The molecule has 0 aliphatic carbocycles. The summed E-state index contributed by atoms with van der Waals surface area (Å²) in [5.74, 6) is -0.190. The van der Waals surface area contributed by atoms with Crippen LogP contribution in [0.25, 0.3) is 0 Å². The lowest BCUT2D eigenvalue weighted by Crippen LogP contribution is -2.35. The predicted molar refractivity (Wildman–Crippen MR) is 117 cm³/mol. The molecule has 1 saturated heterocycles. The van der Waals surface area contributed by atoms with Crippen molar-refractivity contribution in [1.29, 1.82) is 0 Å². The molecule has 8 heteroatoms. The predicted octanol–water partition coefficient (Wildman–Crippen LogP) is 3.76. The SMILES string of the molecule is CN(C)c1ccc(NC(=O)Cc2ccc(S(=O)(=O)N3CCCCC3)cc2)cc1Cl. The second-order valence-electron chi connectivity index (χ2n) is 7.39. The number of hydrogen-bond donors (Lipinski definition) is 1. The quantitative estimate of drug-likeness (QED) is 0.749. The summed E-state index contributed by atoms with van der Waals surface area (Å²) in [6, 6.07) is 11.9. The molecule has 0 atom stereocenters. The van der Waals surface area contributed by atoms with Crippen LogP contribution in [0.5, 0.6) is 0 Å². The topological polar surface area (TPSA) is 69.7 Å². The number of nitrogens with zero attached hydrogens (tertiary/aromatic N) is 2. The molecule has 3 rings (SSSR count). The van der Waals surface area contributed by atoms with E-state index in [9.17, 15) is 13.2 Å². The lowest BCUT2D eigenvalue weighted by molar-refractivity contribution is -0.115. The van der Waals surface area contributed by atoms with Crippen LogP contribution in [0.1, 0.15) is 24.8 Å². The minimum absolute atomic E-state index is 0.150. The molecular weight excluding hydrogens is 410 g/mol. The summed E-state index contributed by atoms with van der Waals surface area (Å²) in [6.45, 7) is 1.14. The van der Waals surface area contributed by atoms with E-state index in [0.29, 0.717) is 23.8 Å². The molecular formula is C21H26ClN3O3S. The minimum Gasteiger partial charge on any atom is -0.376 e. The van der Waals surface area contributed by atoms with Gasteiger partial charge in [0.25, 0.3) is 0 Å². The fourth-order valence-electron chi connectivity index (χ4n) is 3.37. The summed E-state index contributed by atoms with van der Waals surface area (Å²) in [7, 11) is 0.337. The zero-order valence-corrected chi connectivity index (χ0v) is 18.3. The van der Waals surface area contributed by atoms with E-state index in [1.807, 2.05) is 25.1 Å². The van der Waals surface area contributed by atoms with Crippen molar-refractivity contribution < 1.29 is 13.2 Å². The number of anilines is 2. The molecule has 0 saturated carbocycles. The highest BCUT2D eigenvalue weighted by Gasteiger charge is 2.25. The van der Waals surface area contributed by atoms with E-state index < -0.39 is 10.0 Å². The van der Waals surface area contributed by atoms with E-state index in [1.165, 1.54) is 0 Å². The van der Waals surface area contributed by atoms with Crippen LogP contribution in [0.3, 0.4) is 0 Å². The zero-order valence-electron chi connectivity index (χ0n) is 16.7. The van der Waals surface area contributed by atoms with Crippen molar-refractivity contribution in [2.45, 2.75) is 30.6 Å². The number of sulfonamides is 1. The van der Waals surface area contributed by atoms with E-state index >= 15 is 0 Å². The van der Waals surface area contributed by atoms with Gasteiger partial charge >= 0.3 is 0 Å². The van der Waals surface area contributed by atoms with Crippen LogP contribution in [-0.4, -0.2) is 45.8 Å². The first kappa shape index (κ1) is 21.6. The van der Waals surface area contributed by atoms with Crippen molar-refractivity contribution in [3.05, 3.63) is 53.1 Å². The molecule has 1 amide bonds. The number of carbonyl (C=O) groups excluding carboxylic acids is 1. The van der Waals surface area contributed by atoms with Crippen molar-refractivity contribution in [3.63, 3.8) is 0 Å². The van der Waals surface area contributed by atoms with Gasteiger partial charge in [0.05, 0.1) is 22.0 Å². The summed E-state index contributed by atoms with van der Waals surface area (Å²) in [5, 5.41) is 3.38. The largest absolute Gasteiger partial charge is 0.376 e. The smallest absolute Gasteiger partial charge is 0.243 e. The van der Waals surface area contributed by atoms with Gasteiger partial charge in [-0.3, -0.25) is 4.79 Å². The van der Waals surface area contributed by atoms with Crippen molar-refractivity contribution in [1.82, 2.24) is 4.31 Å². The standard InChI is InChI=1S/C21H26ClN3O3S/c1-24(2)20-11-8-17(15-19(20)22)23-21(26)14-16-6-9-18(10-7-16)29(27,28)25-12-4-3-5-13-25/h6-11,15H,3-5,12-14H2,1-2H3,(H,23,26). The Morgan fingerprint density at radius 3 is 2.31 bits per heavy atom. The van der Waals surface area contributed by atoms with Crippen LogP contribution in [0, 0.1) is 0 Å². The van der Waals surface area contributed by atoms with Crippen molar-refractivity contribution in [2.75, 3.05) is 37.4 Å². The average Bonchev–Trinajstić information content (AvgIpc) is 2.69. The second kappa shape index (κ2) is 9.15. The molecule has 1 heterocycles. The summed E-state index contributed by atoms with van der Waals surface area (Å²) < 4.78 is 26.9. The summed E-state index contributed by atoms with van der Waals surface area (Å²) in [5.41, 5.74) is 2.24. The van der Waals surface area contributed by atoms with Gasteiger partial charge in [-0.2, -0.15) is 4.31 Å². The number of piperidine rings is 1.